The lowest BCUT2D eigenvalue weighted by Crippen LogP contribution is -2.18. The van der Waals surface area contributed by atoms with E-state index < -0.39 is 0 Å². The number of hydrogen-bond acceptors (Lipinski definition) is 3. The number of carbonyl (C=O) groups excluding carboxylic acids is 1. The molecule has 1 aromatic carbocycles. The van der Waals surface area contributed by atoms with Gasteiger partial charge in [0.25, 0.3) is 5.91 Å². The molecule has 98 valence electrons. The van der Waals surface area contributed by atoms with E-state index >= 15 is 0 Å². The van der Waals surface area contributed by atoms with Crippen LogP contribution in [0.4, 0.5) is 0 Å². The maximum absolute atomic E-state index is 11.7. The second-order valence-corrected chi connectivity index (χ2v) is 5.20. The zero-order valence-electron chi connectivity index (χ0n) is 10.8. The van der Waals surface area contributed by atoms with E-state index in [9.17, 15) is 4.79 Å². The van der Waals surface area contributed by atoms with Gasteiger partial charge in [-0.15, -0.1) is 11.3 Å². The summed E-state index contributed by atoms with van der Waals surface area (Å²) in [6.07, 6.45) is 1.78. The van der Waals surface area contributed by atoms with Crippen molar-refractivity contribution < 1.29 is 4.79 Å². The first-order chi connectivity index (χ1) is 9.25. The average molecular weight is 272 g/mol. The SMILES string of the molecule is C/C(CCc1ccccc1)=N/NC(=O)c1cccs1. The fourth-order valence-corrected chi connectivity index (χ4v) is 2.25. The Morgan fingerprint density at radius 3 is 2.68 bits per heavy atom. The van der Waals surface area contributed by atoms with Gasteiger partial charge in [-0.05, 0) is 36.8 Å². The van der Waals surface area contributed by atoms with Gasteiger partial charge in [-0.3, -0.25) is 4.79 Å². The van der Waals surface area contributed by atoms with E-state index in [2.05, 4.69) is 22.7 Å². The van der Waals surface area contributed by atoms with Crippen molar-refractivity contribution in [2.75, 3.05) is 0 Å². The van der Waals surface area contributed by atoms with Crippen LogP contribution in [0.2, 0.25) is 0 Å². The number of nitrogens with zero attached hydrogens (tertiary/aromatic N) is 1. The molecule has 0 aliphatic heterocycles. The van der Waals surface area contributed by atoms with E-state index in [1.807, 2.05) is 36.6 Å². The van der Waals surface area contributed by atoms with Crippen molar-refractivity contribution in [3.8, 4) is 0 Å². The lowest BCUT2D eigenvalue weighted by Gasteiger charge is -2.02. The van der Waals surface area contributed by atoms with Crippen molar-refractivity contribution >= 4 is 23.0 Å². The summed E-state index contributed by atoms with van der Waals surface area (Å²) in [6.45, 7) is 1.93. The van der Waals surface area contributed by atoms with Gasteiger partial charge in [-0.25, -0.2) is 5.43 Å². The maximum atomic E-state index is 11.7. The molecule has 2 rings (SSSR count). The summed E-state index contributed by atoms with van der Waals surface area (Å²) >= 11 is 1.41. The normalized spacial score (nSPS) is 11.3. The quantitative estimate of drug-likeness (QED) is 0.657. The Labute approximate surface area is 117 Å². The van der Waals surface area contributed by atoms with E-state index in [0.717, 1.165) is 18.6 Å². The topological polar surface area (TPSA) is 41.5 Å². The Bertz CT molecular complexity index is 547. The third-order valence-corrected chi connectivity index (χ3v) is 3.58. The molecule has 19 heavy (non-hydrogen) atoms. The molecule has 0 spiro atoms. The Balaban J connectivity index is 1.81. The number of benzene rings is 1. The van der Waals surface area contributed by atoms with E-state index in [-0.39, 0.29) is 5.91 Å². The van der Waals surface area contributed by atoms with Gasteiger partial charge in [-0.2, -0.15) is 5.10 Å². The molecule has 0 bridgehead atoms. The third kappa shape index (κ3) is 4.34. The van der Waals surface area contributed by atoms with E-state index in [1.165, 1.54) is 16.9 Å². The molecule has 0 unspecified atom stereocenters. The van der Waals surface area contributed by atoms with Crippen LogP contribution in [0.25, 0.3) is 0 Å². The minimum atomic E-state index is -0.144. The number of aryl methyl sites for hydroxylation is 1. The average Bonchev–Trinajstić information content (AvgIpc) is 2.98. The molecule has 1 heterocycles. The van der Waals surface area contributed by atoms with Crippen LogP contribution in [0.15, 0.2) is 52.9 Å². The monoisotopic (exact) mass is 272 g/mol. The van der Waals surface area contributed by atoms with Crippen molar-refractivity contribution in [1.82, 2.24) is 5.43 Å². The number of rotatable bonds is 5. The van der Waals surface area contributed by atoms with Gasteiger partial charge in [0.1, 0.15) is 0 Å². The van der Waals surface area contributed by atoms with Crippen LogP contribution >= 0.6 is 11.3 Å². The van der Waals surface area contributed by atoms with Crippen LogP contribution in [0.1, 0.15) is 28.6 Å². The fourth-order valence-electron chi connectivity index (χ4n) is 1.63. The van der Waals surface area contributed by atoms with Crippen molar-refractivity contribution in [3.05, 3.63) is 58.3 Å². The standard InChI is InChI=1S/C15H16N2OS/c1-12(9-10-13-6-3-2-4-7-13)16-17-15(18)14-8-5-11-19-14/h2-8,11H,9-10H2,1H3,(H,17,18)/b16-12-. The number of hydrazone groups is 1. The van der Waals surface area contributed by atoms with E-state index in [1.54, 1.807) is 6.07 Å². The minimum Gasteiger partial charge on any atom is -0.266 e. The Hall–Kier alpha value is -1.94. The highest BCUT2D eigenvalue weighted by Gasteiger charge is 2.04. The highest BCUT2D eigenvalue weighted by Crippen LogP contribution is 2.08. The molecular weight excluding hydrogens is 256 g/mol. The van der Waals surface area contributed by atoms with Gasteiger partial charge in [-0.1, -0.05) is 36.4 Å². The van der Waals surface area contributed by atoms with Gasteiger partial charge < -0.3 is 0 Å². The number of hydrogen-bond donors (Lipinski definition) is 1. The number of carbonyl (C=O) groups is 1. The Morgan fingerprint density at radius 2 is 2.00 bits per heavy atom. The second kappa shape index (κ2) is 6.85. The molecule has 0 radical (unpaired) electrons. The molecule has 0 aliphatic rings. The van der Waals surface area contributed by atoms with Crippen molar-refractivity contribution in [2.24, 2.45) is 5.10 Å². The minimum absolute atomic E-state index is 0.144. The van der Waals surface area contributed by atoms with Crippen LogP contribution in [-0.4, -0.2) is 11.6 Å². The van der Waals surface area contributed by atoms with Gasteiger partial charge in [0, 0.05) is 5.71 Å². The lowest BCUT2D eigenvalue weighted by molar-refractivity contribution is 0.0958. The van der Waals surface area contributed by atoms with Crippen LogP contribution < -0.4 is 5.43 Å². The van der Waals surface area contributed by atoms with Gasteiger partial charge >= 0.3 is 0 Å². The van der Waals surface area contributed by atoms with Crippen LogP contribution in [0.5, 0.6) is 0 Å². The molecule has 3 nitrogen and oxygen atoms in total. The molecule has 0 aliphatic carbocycles. The Kier molecular flexibility index (Phi) is 4.86. The van der Waals surface area contributed by atoms with E-state index in [0.29, 0.717) is 4.88 Å². The first-order valence-corrected chi connectivity index (χ1v) is 7.04. The first kappa shape index (κ1) is 13.5. The first-order valence-electron chi connectivity index (χ1n) is 6.16. The second-order valence-electron chi connectivity index (χ2n) is 4.25. The van der Waals surface area contributed by atoms with E-state index in [4.69, 9.17) is 0 Å². The third-order valence-electron chi connectivity index (χ3n) is 2.71. The number of amides is 1. The van der Waals surface area contributed by atoms with Gasteiger partial charge in [0.2, 0.25) is 0 Å². The zero-order valence-corrected chi connectivity index (χ0v) is 11.6. The Morgan fingerprint density at radius 1 is 1.21 bits per heavy atom. The highest BCUT2D eigenvalue weighted by atomic mass is 32.1. The fraction of sp³-hybridized carbons (Fsp3) is 0.200. The van der Waals surface area contributed by atoms with Gasteiger partial charge in [0.05, 0.1) is 4.88 Å². The van der Waals surface area contributed by atoms with Crippen molar-refractivity contribution in [3.63, 3.8) is 0 Å². The molecular formula is C15H16N2OS. The molecule has 1 N–H and O–H groups in total. The smallest absolute Gasteiger partial charge is 0.266 e. The summed E-state index contributed by atoms with van der Waals surface area (Å²) < 4.78 is 0. The number of nitrogens with one attached hydrogen (secondary N) is 1. The summed E-state index contributed by atoms with van der Waals surface area (Å²) in [4.78, 5) is 12.4. The zero-order chi connectivity index (χ0) is 13.5. The molecule has 1 aromatic heterocycles. The summed E-state index contributed by atoms with van der Waals surface area (Å²) in [5.41, 5.74) is 4.78. The lowest BCUT2D eigenvalue weighted by atomic mass is 10.1. The summed E-state index contributed by atoms with van der Waals surface area (Å²) in [6, 6.07) is 13.9. The van der Waals surface area contributed by atoms with Crippen molar-refractivity contribution in [1.29, 1.82) is 0 Å². The molecule has 0 saturated carbocycles. The van der Waals surface area contributed by atoms with Crippen LogP contribution in [0.3, 0.4) is 0 Å². The molecule has 1 amide bonds. The predicted octanol–water partition coefficient (Wildman–Crippen LogP) is 3.49. The largest absolute Gasteiger partial charge is 0.281 e. The molecule has 0 atom stereocenters. The molecule has 0 fully saturated rings. The summed E-state index contributed by atoms with van der Waals surface area (Å²) in [7, 11) is 0. The predicted molar refractivity (Wildman–Crippen MR) is 79.7 cm³/mol. The van der Waals surface area contributed by atoms with Crippen LogP contribution in [0, 0.1) is 0 Å². The number of thiophene rings is 1. The van der Waals surface area contributed by atoms with Crippen LogP contribution in [-0.2, 0) is 6.42 Å². The van der Waals surface area contributed by atoms with Crippen molar-refractivity contribution in [2.45, 2.75) is 19.8 Å². The highest BCUT2D eigenvalue weighted by molar-refractivity contribution is 7.12. The summed E-state index contributed by atoms with van der Waals surface area (Å²) in [5.74, 6) is -0.144. The molecule has 2 aromatic rings. The molecule has 4 heteroatoms. The maximum Gasteiger partial charge on any atom is 0.281 e. The molecule has 0 saturated heterocycles. The van der Waals surface area contributed by atoms with Gasteiger partial charge in [0.15, 0.2) is 0 Å². The summed E-state index contributed by atoms with van der Waals surface area (Å²) in [5, 5.41) is 5.99.